The zero-order valence-corrected chi connectivity index (χ0v) is 11.5. The minimum atomic E-state index is -0.175. The van der Waals surface area contributed by atoms with Crippen LogP contribution in [0.2, 0.25) is 0 Å². The van der Waals surface area contributed by atoms with E-state index in [1.54, 1.807) is 0 Å². The third kappa shape index (κ3) is 5.05. The van der Waals surface area contributed by atoms with Gasteiger partial charge in [0.15, 0.2) is 0 Å². The molecule has 2 nitrogen and oxygen atoms in total. The molecule has 1 aromatic rings. The van der Waals surface area contributed by atoms with E-state index >= 15 is 0 Å². The van der Waals surface area contributed by atoms with Gasteiger partial charge in [0.2, 0.25) is 0 Å². The predicted octanol–water partition coefficient (Wildman–Crippen LogP) is 3.42. The van der Waals surface area contributed by atoms with Crippen LogP contribution in [0.1, 0.15) is 33.1 Å². The average molecular weight is 252 g/mol. The number of anilines is 1. The second-order valence-corrected chi connectivity index (χ2v) is 4.88. The number of hydrogen-bond donors (Lipinski definition) is 1. The largest absolute Gasteiger partial charge is 0.372 e. The monoisotopic (exact) mass is 252 g/mol. The van der Waals surface area contributed by atoms with Crippen molar-refractivity contribution in [2.75, 3.05) is 24.5 Å². The quantitative estimate of drug-likeness (QED) is 0.768. The first kappa shape index (κ1) is 15.0. The highest BCUT2D eigenvalue weighted by molar-refractivity contribution is 5.45. The molecule has 0 aromatic heterocycles. The maximum Gasteiger partial charge on any atom is 0.123 e. The second kappa shape index (κ2) is 8.09. The molecule has 1 unspecified atom stereocenters. The normalized spacial score (nSPS) is 12.4. The molecule has 3 heteroatoms. The van der Waals surface area contributed by atoms with Crippen molar-refractivity contribution in [1.29, 1.82) is 0 Å². The fraction of sp³-hybridized carbons (Fsp3) is 0.600. The molecule has 0 amide bonds. The summed E-state index contributed by atoms with van der Waals surface area (Å²) in [5, 5.41) is 0. The Labute approximate surface area is 110 Å². The lowest BCUT2D eigenvalue weighted by atomic mass is 10.0. The molecule has 0 bridgehead atoms. The summed E-state index contributed by atoms with van der Waals surface area (Å²) in [4.78, 5) is 2.29. The van der Waals surface area contributed by atoms with Gasteiger partial charge in [-0.1, -0.05) is 6.92 Å². The molecule has 1 aromatic carbocycles. The maximum absolute atomic E-state index is 12.9. The molecule has 1 rings (SSSR count). The van der Waals surface area contributed by atoms with Gasteiger partial charge in [0.25, 0.3) is 0 Å². The van der Waals surface area contributed by atoms with E-state index in [1.165, 1.54) is 18.6 Å². The van der Waals surface area contributed by atoms with Gasteiger partial charge in [-0.05, 0) is 62.9 Å². The lowest BCUT2D eigenvalue weighted by Gasteiger charge is -2.23. The Hall–Kier alpha value is -1.09. The van der Waals surface area contributed by atoms with Gasteiger partial charge in [0.1, 0.15) is 5.82 Å². The smallest absolute Gasteiger partial charge is 0.123 e. The third-order valence-electron chi connectivity index (χ3n) is 3.36. The summed E-state index contributed by atoms with van der Waals surface area (Å²) in [5.74, 6) is 0.522. The van der Waals surface area contributed by atoms with Crippen molar-refractivity contribution in [2.45, 2.75) is 33.1 Å². The number of halogens is 1. The van der Waals surface area contributed by atoms with Crippen molar-refractivity contribution in [3.63, 3.8) is 0 Å². The zero-order valence-electron chi connectivity index (χ0n) is 11.5. The summed E-state index contributed by atoms with van der Waals surface area (Å²) in [6.45, 7) is 7.14. The molecule has 0 radical (unpaired) electrons. The van der Waals surface area contributed by atoms with Gasteiger partial charge in [-0.3, -0.25) is 0 Å². The van der Waals surface area contributed by atoms with Gasteiger partial charge >= 0.3 is 0 Å². The molecular formula is C15H25FN2. The minimum absolute atomic E-state index is 0.175. The Bertz CT molecular complexity index is 324. The highest BCUT2D eigenvalue weighted by Gasteiger charge is 2.06. The molecule has 1 atom stereocenters. The fourth-order valence-corrected chi connectivity index (χ4v) is 2.18. The van der Waals surface area contributed by atoms with E-state index in [-0.39, 0.29) is 5.82 Å². The SMILES string of the molecule is CCN(CCCC(C)CCN)c1ccc(F)cc1. The Balaban J connectivity index is 2.40. The summed E-state index contributed by atoms with van der Waals surface area (Å²) in [7, 11) is 0. The van der Waals surface area contributed by atoms with Crippen LogP contribution in [-0.4, -0.2) is 19.6 Å². The van der Waals surface area contributed by atoms with E-state index in [0.29, 0.717) is 5.92 Å². The van der Waals surface area contributed by atoms with Crippen molar-refractivity contribution in [3.05, 3.63) is 30.1 Å². The fourth-order valence-electron chi connectivity index (χ4n) is 2.18. The van der Waals surface area contributed by atoms with Gasteiger partial charge in [-0.15, -0.1) is 0 Å². The first-order valence-corrected chi connectivity index (χ1v) is 6.88. The first-order valence-electron chi connectivity index (χ1n) is 6.88. The summed E-state index contributed by atoms with van der Waals surface area (Å²) >= 11 is 0. The summed E-state index contributed by atoms with van der Waals surface area (Å²) in [6.07, 6.45) is 3.46. The molecule has 0 aliphatic carbocycles. The summed E-state index contributed by atoms with van der Waals surface area (Å²) in [5.41, 5.74) is 6.65. The number of nitrogens with two attached hydrogens (primary N) is 1. The van der Waals surface area contributed by atoms with E-state index in [4.69, 9.17) is 5.73 Å². The molecule has 0 aliphatic rings. The number of hydrogen-bond acceptors (Lipinski definition) is 2. The van der Waals surface area contributed by atoms with Crippen LogP contribution in [0.15, 0.2) is 24.3 Å². The molecule has 102 valence electrons. The van der Waals surface area contributed by atoms with Gasteiger partial charge < -0.3 is 10.6 Å². The van der Waals surface area contributed by atoms with Gasteiger partial charge in [-0.25, -0.2) is 4.39 Å². The van der Waals surface area contributed by atoms with Gasteiger partial charge in [-0.2, -0.15) is 0 Å². The van der Waals surface area contributed by atoms with Crippen LogP contribution in [0.4, 0.5) is 10.1 Å². The summed E-state index contributed by atoms with van der Waals surface area (Å²) < 4.78 is 12.9. The van der Waals surface area contributed by atoms with E-state index in [1.807, 2.05) is 12.1 Å². The van der Waals surface area contributed by atoms with Crippen LogP contribution in [0.25, 0.3) is 0 Å². The molecule has 2 N–H and O–H groups in total. The van der Waals surface area contributed by atoms with E-state index in [9.17, 15) is 4.39 Å². The van der Waals surface area contributed by atoms with Crippen LogP contribution in [0.3, 0.4) is 0 Å². The summed E-state index contributed by atoms with van der Waals surface area (Å²) in [6, 6.07) is 6.74. The third-order valence-corrected chi connectivity index (χ3v) is 3.36. The lowest BCUT2D eigenvalue weighted by Crippen LogP contribution is -2.24. The van der Waals surface area contributed by atoms with Gasteiger partial charge in [0, 0.05) is 18.8 Å². The van der Waals surface area contributed by atoms with Gasteiger partial charge in [0.05, 0.1) is 0 Å². The molecule has 0 heterocycles. The number of nitrogens with zero attached hydrogens (tertiary/aromatic N) is 1. The molecule has 0 saturated carbocycles. The van der Waals surface area contributed by atoms with E-state index in [0.717, 1.165) is 38.2 Å². The molecule has 0 spiro atoms. The number of rotatable bonds is 8. The standard InChI is InChI=1S/C15H25FN2/c1-3-18(12-4-5-13(2)10-11-17)15-8-6-14(16)7-9-15/h6-9,13H,3-5,10-12,17H2,1-2H3. The maximum atomic E-state index is 12.9. The Morgan fingerprint density at radius 3 is 2.44 bits per heavy atom. The second-order valence-electron chi connectivity index (χ2n) is 4.88. The molecular weight excluding hydrogens is 227 g/mol. The van der Waals surface area contributed by atoms with Crippen molar-refractivity contribution < 1.29 is 4.39 Å². The van der Waals surface area contributed by atoms with Crippen molar-refractivity contribution in [2.24, 2.45) is 11.7 Å². The van der Waals surface area contributed by atoms with Crippen LogP contribution in [0, 0.1) is 11.7 Å². The van der Waals surface area contributed by atoms with Crippen LogP contribution >= 0.6 is 0 Å². The van der Waals surface area contributed by atoms with Crippen molar-refractivity contribution >= 4 is 5.69 Å². The molecule has 0 fully saturated rings. The van der Waals surface area contributed by atoms with Crippen molar-refractivity contribution in [3.8, 4) is 0 Å². The first-order chi connectivity index (χ1) is 8.67. The zero-order chi connectivity index (χ0) is 13.4. The van der Waals surface area contributed by atoms with Crippen molar-refractivity contribution in [1.82, 2.24) is 0 Å². The van der Waals surface area contributed by atoms with E-state index < -0.39 is 0 Å². The predicted molar refractivity (Wildman–Crippen MR) is 76.4 cm³/mol. The minimum Gasteiger partial charge on any atom is -0.372 e. The van der Waals surface area contributed by atoms with Crippen LogP contribution in [-0.2, 0) is 0 Å². The average Bonchev–Trinajstić information content (AvgIpc) is 2.36. The van der Waals surface area contributed by atoms with Crippen LogP contribution in [0.5, 0.6) is 0 Å². The van der Waals surface area contributed by atoms with E-state index in [2.05, 4.69) is 18.7 Å². The number of benzene rings is 1. The topological polar surface area (TPSA) is 29.3 Å². The molecule has 0 aliphatic heterocycles. The Morgan fingerprint density at radius 1 is 1.22 bits per heavy atom. The molecule has 18 heavy (non-hydrogen) atoms. The Morgan fingerprint density at radius 2 is 1.89 bits per heavy atom. The molecule has 0 saturated heterocycles. The Kier molecular flexibility index (Phi) is 6.73. The van der Waals surface area contributed by atoms with Crippen LogP contribution < -0.4 is 10.6 Å². The highest BCUT2D eigenvalue weighted by atomic mass is 19.1. The highest BCUT2D eigenvalue weighted by Crippen LogP contribution is 2.16. The lowest BCUT2D eigenvalue weighted by molar-refractivity contribution is 0.480.